The highest BCUT2D eigenvalue weighted by atomic mass is 35.5. The molecule has 0 atom stereocenters. The Kier molecular flexibility index (Phi) is 3.95. The number of aromatic nitrogens is 2. The number of halogens is 2. The lowest BCUT2D eigenvalue weighted by molar-refractivity contribution is 1.13. The molecule has 3 aromatic rings. The van der Waals surface area contributed by atoms with Gasteiger partial charge in [0.25, 0.3) is 0 Å². The van der Waals surface area contributed by atoms with Crippen LogP contribution in [-0.4, -0.2) is 9.97 Å². The van der Waals surface area contributed by atoms with E-state index in [1.54, 1.807) is 12.4 Å². The van der Waals surface area contributed by atoms with Gasteiger partial charge in [-0.05, 0) is 42.3 Å². The fourth-order valence-corrected chi connectivity index (χ4v) is 2.51. The normalized spacial score (nSPS) is 10.8. The SMILES string of the molecule is Cc1cc(NCc2ccc(Cl)c3cccnc23)cnc1Cl. The standard InChI is InChI=1S/C16H13Cl2N3/c1-10-7-12(9-21-16(10)18)20-8-11-4-5-14(17)13-3-2-6-19-15(11)13/h2-7,9,20H,8H2,1H3. The average Bonchev–Trinajstić information content (AvgIpc) is 2.50. The third kappa shape index (κ3) is 2.94. The molecule has 3 nitrogen and oxygen atoms in total. The Balaban J connectivity index is 1.88. The van der Waals surface area contributed by atoms with E-state index in [1.165, 1.54) is 0 Å². The topological polar surface area (TPSA) is 37.8 Å². The minimum Gasteiger partial charge on any atom is -0.380 e. The third-order valence-electron chi connectivity index (χ3n) is 3.30. The van der Waals surface area contributed by atoms with Crippen LogP contribution in [-0.2, 0) is 6.54 Å². The Bertz CT molecular complexity index is 803. The van der Waals surface area contributed by atoms with Crippen LogP contribution in [0.25, 0.3) is 10.9 Å². The van der Waals surface area contributed by atoms with E-state index in [-0.39, 0.29) is 0 Å². The summed E-state index contributed by atoms with van der Waals surface area (Å²) >= 11 is 12.1. The maximum Gasteiger partial charge on any atom is 0.132 e. The molecule has 0 bridgehead atoms. The van der Waals surface area contributed by atoms with Gasteiger partial charge >= 0.3 is 0 Å². The Morgan fingerprint density at radius 1 is 1.14 bits per heavy atom. The molecule has 0 aliphatic heterocycles. The largest absolute Gasteiger partial charge is 0.380 e. The average molecular weight is 318 g/mol. The molecule has 0 saturated heterocycles. The predicted octanol–water partition coefficient (Wildman–Crippen LogP) is 4.86. The summed E-state index contributed by atoms with van der Waals surface area (Å²) in [5.74, 6) is 0. The zero-order chi connectivity index (χ0) is 14.8. The van der Waals surface area contributed by atoms with Gasteiger partial charge in [-0.25, -0.2) is 4.98 Å². The van der Waals surface area contributed by atoms with Gasteiger partial charge in [-0.3, -0.25) is 4.98 Å². The molecule has 106 valence electrons. The van der Waals surface area contributed by atoms with E-state index in [0.29, 0.717) is 16.7 Å². The second kappa shape index (κ2) is 5.88. The molecule has 0 unspecified atom stereocenters. The molecule has 1 aromatic carbocycles. The smallest absolute Gasteiger partial charge is 0.132 e. The number of hydrogen-bond donors (Lipinski definition) is 1. The summed E-state index contributed by atoms with van der Waals surface area (Å²) in [5.41, 5.74) is 3.87. The van der Waals surface area contributed by atoms with E-state index in [1.807, 2.05) is 37.3 Å². The predicted molar refractivity (Wildman–Crippen MR) is 88.1 cm³/mol. The fraction of sp³-hybridized carbons (Fsp3) is 0.125. The van der Waals surface area contributed by atoms with Crippen molar-refractivity contribution in [1.82, 2.24) is 9.97 Å². The number of pyridine rings is 2. The third-order valence-corrected chi connectivity index (χ3v) is 4.02. The van der Waals surface area contributed by atoms with E-state index in [2.05, 4.69) is 15.3 Å². The Morgan fingerprint density at radius 2 is 2.00 bits per heavy atom. The van der Waals surface area contributed by atoms with Crippen molar-refractivity contribution in [2.45, 2.75) is 13.5 Å². The molecule has 21 heavy (non-hydrogen) atoms. The molecule has 5 heteroatoms. The molecular weight excluding hydrogens is 305 g/mol. The zero-order valence-corrected chi connectivity index (χ0v) is 12.9. The second-order valence-electron chi connectivity index (χ2n) is 4.79. The highest BCUT2D eigenvalue weighted by Crippen LogP contribution is 2.25. The van der Waals surface area contributed by atoms with Gasteiger partial charge in [-0.15, -0.1) is 0 Å². The molecule has 2 heterocycles. The van der Waals surface area contributed by atoms with Crippen molar-refractivity contribution < 1.29 is 0 Å². The molecule has 0 fully saturated rings. The summed E-state index contributed by atoms with van der Waals surface area (Å²) in [6.07, 6.45) is 3.50. The maximum atomic E-state index is 6.20. The van der Waals surface area contributed by atoms with Crippen molar-refractivity contribution >= 4 is 39.8 Å². The summed E-state index contributed by atoms with van der Waals surface area (Å²) < 4.78 is 0. The Labute approximate surface area is 132 Å². The van der Waals surface area contributed by atoms with Crippen LogP contribution in [0.4, 0.5) is 5.69 Å². The minimum absolute atomic E-state index is 0.527. The summed E-state index contributed by atoms with van der Waals surface area (Å²) in [6.45, 7) is 2.58. The highest BCUT2D eigenvalue weighted by molar-refractivity contribution is 6.35. The van der Waals surface area contributed by atoms with Crippen LogP contribution in [0.3, 0.4) is 0 Å². The quantitative estimate of drug-likeness (QED) is 0.701. The summed E-state index contributed by atoms with van der Waals surface area (Å²) in [6, 6.07) is 9.72. The van der Waals surface area contributed by atoms with Gasteiger partial charge in [-0.2, -0.15) is 0 Å². The van der Waals surface area contributed by atoms with E-state index in [0.717, 1.165) is 27.7 Å². The second-order valence-corrected chi connectivity index (χ2v) is 5.56. The van der Waals surface area contributed by atoms with Crippen molar-refractivity contribution in [2.75, 3.05) is 5.32 Å². The van der Waals surface area contributed by atoms with Crippen LogP contribution in [0.5, 0.6) is 0 Å². The lowest BCUT2D eigenvalue weighted by atomic mass is 10.1. The Hall–Kier alpha value is -1.84. The molecule has 0 aliphatic rings. The summed E-state index contributed by atoms with van der Waals surface area (Å²) in [4.78, 5) is 8.56. The van der Waals surface area contributed by atoms with Gasteiger partial charge in [0.15, 0.2) is 0 Å². The van der Waals surface area contributed by atoms with Crippen molar-refractivity contribution in [1.29, 1.82) is 0 Å². The lowest BCUT2D eigenvalue weighted by Crippen LogP contribution is -2.02. The minimum atomic E-state index is 0.527. The number of benzene rings is 1. The number of nitrogens with one attached hydrogen (secondary N) is 1. The van der Waals surface area contributed by atoms with Crippen molar-refractivity contribution in [3.63, 3.8) is 0 Å². The van der Waals surface area contributed by atoms with Crippen LogP contribution in [0.2, 0.25) is 10.2 Å². The molecule has 0 saturated carbocycles. The van der Waals surface area contributed by atoms with E-state index < -0.39 is 0 Å². The van der Waals surface area contributed by atoms with Gasteiger partial charge in [0.2, 0.25) is 0 Å². The molecule has 2 aromatic heterocycles. The van der Waals surface area contributed by atoms with Crippen molar-refractivity contribution in [3.05, 3.63) is 64.0 Å². The first-order chi connectivity index (χ1) is 10.1. The Morgan fingerprint density at radius 3 is 2.81 bits per heavy atom. The maximum absolute atomic E-state index is 6.20. The molecule has 0 aliphatic carbocycles. The summed E-state index contributed by atoms with van der Waals surface area (Å²) in [5, 5.41) is 5.54. The van der Waals surface area contributed by atoms with Gasteiger partial charge in [0.05, 0.1) is 17.4 Å². The van der Waals surface area contributed by atoms with Crippen LogP contribution in [0.15, 0.2) is 42.7 Å². The molecule has 0 spiro atoms. The number of fused-ring (bicyclic) bond motifs is 1. The van der Waals surface area contributed by atoms with Crippen LogP contribution in [0, 0.1) is 6.92 Å². The van der Waals surface area contributed by atoms with E-state index >= 15 is 0 Å². The van der Waals surface area contributed by atoms with Crippen LogP contribution in [0.1, 0.15) is 11.1 Å². The lowest BCUT2D eigenvalue weighted by Gasteiger charge is -2.10. The molecule has 0 amide bonds. The molecule has 1 N–H and O–H groups in total. The number of anilines is 1. The van der Waals surface area contributed by atoms with Crippen molar-refractivity contribution in [3.8, 4) is 0 Å². The molecular formula is C16H13Cl2N3. The molecule has 0 radical (unpaired) electrons. The van der Waals surface area contributed by atoms with E-state index in [4.69, 9.17) is 23.2 Å². The first-order valence-corrected chi connectivity index (χ1v) is 7.29. The van der Waals surface area contributed by atoms with Crippen molar-refractivity contribution in [2.24, 2.45) is 0 Å². The summed E-state index contributed by atoms with van der Waals surface area (Å²) in [7, 11) is 0. The fourth-order valence-electron chi connectivity index (χ4n) is 2.19. The van der Waals surface area contributed by atoms with Crippen LogP contribution >= 0.6 is 23.2 Å². The number of nitrogens with zero attached hydrogens (tertiary/aromatic N) is 2. The number of hydrogen-bond acceptors (Lipinski definition) is 3. The zero-order valence-electron chi connectivity index (χ0n) is 11.4. The number of aryl methyl sites for hydroxylation is 1. The van der Waals surface area contributed by atoms with E-state index in [9.17, 15) is 0 Å². The first kappa shape index (κ1) is 14.1. The first-order valence-electron chi connectivity index (χ1n) is 6.53. The van der Waals surface area contributed by atoms with Crippen LogP contribution < -0.4 is 5.32 Å². The van der Waals surface area contributed by atoms with Gasteiger partial charge in [0, 0.05) is 23.2 Å². The van der Waals surface area contributed by atoms with Gasteiger partial charge in [0.1, 0.15) is 5.15 Å². The number of rotatable bonds is 3. The highest BCUT2D eigenvalue weighted by Gasteiger charge is 2.06. The monoisotopic (exact) mass is 317 g/mol. The molecule has 3 rings (SSSR count). The van der Waals surface area contributed by atoms with Gasteiger partial charge in [-0.1, -0.05) is 29.3 Å². The van der Waals surface area contributed by atoms with Gasteiger partial charge < -0.3 is 5.32 Å².